The Hall–Kier alpha value is -2.48. The van der Waals surface area contributed by atoms with E-state index in [4.69, 9.17) is 19.4 Å². The van der Waals surface area contributed by atoms with Gasteiger partial charge in [-0.2, -0.15) is 0 Å². The van der Waals surface area contributed by atoms with Crippen LogP contribution in [-0.4, -0.2) is 55.0 Å². The van der Waals surface area contributed by atoms with Gasteiger partial charge in [-0.3, -0.25) is 0 Å². The molecule has 0 unspecified atom stereocenters. The van der Waals surface area contributed by atoms with Crippen molar-refractivity contribution in [3.05, 3.63) is 41.2 Å². The maximum Gasteiger partial charge on any atom is 0.138 e. The second kappa shape index (κ2) is 12.7. The molecule has 3 aromatic heterocycles. The third kappa shape index (κ3) is 6.31. The molecule has 0 saturated carbocycles. The normalized spacial score (nSPS) is 13.6. The lowest BCUT2D eigenvalue weighted by molar-refractivity contribution is 0.122. The summed E-state index contributed by atoms with van der Waals surface area (Å²) in [6.45, 7) is 14.9. The Morgan fingerprint density at radius 1 is 1.15 bits per heavy atom. The molecule has 33 heavy (non-hydrogen) atoms. The molecule has 182 valence electrons. The van der Waals surface area contributed by atoms with Crippen LogP contribution in [0.4, 0.5) is 5.82 Å². The van der Waals surface area contributed by atoms with Crippen LogP contribution in [0.3, 0.4) is 0 Å². The van der Waals surface area contributed by atoms with Gasteiger partial charge < -0.3 is 25.5 Å². The van der Waals surface area contributed by atoms with Crippen LogP contribution in [0.1, 0.15) is 56.9 Å². The number of fused-ring (bicyclic) bond motifs is 1. The molecule has 0 atom stereocenters. The Kier molecular flexibility index (Phi) is 10.3. The summed E-state index contributed by atoms with van der Waals surface area (Å²) in [7, 11) is 1.71. The number of methoxy groups -OCH3 is 1. The van der Waals surface area contributed by atoms with Crippen LogP contribution in [0.2, 0.25) is 0 Å². The standard InChI is InChI=1S/C22H28N4O.C4H10O.H3N/c1-5-16-12-19-20(15(4)13-23-19)25-21(16)17-6-7-18(14(2)3)24-22(17)26-8-10-27-11-9-26;1-3-4-5-2;/h6-7,12-14,23H,5,8-11H2,1-4H3;3-4H2,1-2H3;1H3. The minimum atomic E-state index is 0. The molecule has 0 aliphatic carbocycles. The number of aryl methyl sites for hydroxylation is 2. The van der Waals surface area contributed by atoms with E-state index in [0.29, 0.717) is 5.92 Å². The number of pyridine rings is 2. The van der Waals surface area contributed by atoms with Gasteiger partial charge in [-0.05, 0) is 55.0 Å². The maximum atomic E-state index is 5.56. The van der Waals surface area contributed by atoms with E-state index in [1.54, 1.807) is 7.11 Å². The van der Waals surface area contributed by atoms with Crippen LogP contribution >= 0.6 is 0 Å². The Bertz CT molecular complexity index is 1010. The van der Waals surface area contributed by atoms with Crippen LogP contribution < -0.4 is 11.1 Å². The summed E-state index contributed by atoms with van der Waals surface area (Å²) in [5.74, 6) is 1.44. The van der Waals surface area contributed by atoms with Crippen LogP contribution in [0.15, 0.2) is 24.4 Å². The molecule has 3 aromatic rings. The summed E-state index contributed by atoms with van der Waals surface area (Å²) in [4.78, 5) is 15.8. The zero-order valence-corrected chi connectivity index (χ0v) is 21.2. The third-order valence-corrected chi connectivity index (χ3v) is 5.76. The summed E-state index contributed by atoms with van der Waals surface area (Å²) >= 11 is 0. The number of rotatable bonds is 6. The zero-order chi connectivity index (χ0) is 23.1. The lowest BCUT2D eigenvalue weighted by Crippen LogP contribution is -2.37. The second-order valence-electron chi connectivity index (χ2n) is 8.57. The predicted molar refractivity (Wildman–Crippen MR) is 138 cm³/mol. The van der Waals surface area contributed by atoms with Crippen LogP contribution in [0, 0.1) is 6.92 Å². The number of nitrogens with one attached hydrogen (secondary N) is 1. The molecule has 0 radical (unpaired) electrons. The lowest BCUT2D eigenvalue weighted by atomic mass is 10.0. The smallest absolute Gasteiger partial charge is 0.138 e. The highest BCUT2D eigenvalue weighted by Gasteiger charge is 2.21. The molecule has 1 aliphatic rings. The molecule has 4 heterocycles. The minimum Gasteiger partial charge on any atom is -0.385 e. The van der Waals surface area contributed by atoms with Gasteiger partial charge >= 0.3 is 0 Å². The molecule has 0 amide bonds. The number of nitrogens with zero attached hydrogens (tertiary/aromatic N) is 3. The van der Waals surface area contributed by atoms with Gasteiger partial charge in [0.25, 0.3) is 0 Å². The van der Waals surface area contributed by atoms with Crippen molar-refractivity contribution in [1.82, 2.24) is 21.1 Å². The van der Waals surface area contributed by atoms with Crippen molar-refractivity contribution in [3.63, 3.8) is 0 Å². The fraction of sp³-hybridized carbons (Fsp3) is 0.538. The van der Waals surface area contributed by atoms with Gasteiger partial charge in [0.2, 0.25) is 0 Å². The van der Waals surface area contributed by atoms with Crippen molar-refractivity contribution in [2.45, 2.75) is 53.4 Å². The van der Waals surface area contributed by atoms with Crippen LogP contribution in [0.25, 0.3) is 22.3 Å². The largest absolute Gasteiger partial charge is 0.385 e. The fourth-order valence-electron chi connectivity index (χ4n) is 3.91. The van der Waals surface area contributed by atoms with E-state index in [-0.39, 0.29) is 6.15 Å². The van der Waals surface area contributed by atoms with Gasteiger partial charge in [0.05, 0.1) is 29.9 Å². The molecule has 4 N–H and O–H groups in total. The first-order chi connectivity index (χ1) is 15.5. The molecular weight excluding hydrogens is 414 g/mol. The molecule has 7 heteroatoms. The summed E-state index contributed by atoms with van der Waals surface area (Å²) in [6.07, 6.45) is 4.09. The van der Waals surface area contributed by atoms with Gasteiger partial charge in [-0.25, -0.2) is 9.97 Å². The summed E-state index contributed by atoms with van der Waals surface area (Å²) < 4.78 is 10.3. The summed E-state index contributed by atoms with van der Waals surface area (Å²) in [5.41, 5.74) is 7.87. The third-order valence-electron chi connectivity index (χ3n) is 5.76. The molecule has 7 nitrogen and oxygen atoms in total. The molecule has 1 saturated heterocycles. The lowest BCUT2D eigenvalue weighted by Gasteiger charge is -2.30. The van der Waals surface area contributed by atoms with Crippen LogP contribution in [0.5, 0.6) is 0 Å². The first-order valence-corrected chi connectivity index (χ1v) is 11.8. The number of H-pyrrole nitrogens is 1. The average molecular weight is 456 g/mol. The molecule has 0 aromatic carbocycles. The molecular formula is C26H41N5O2. The first-order valence-electron chi connectivity index (χ1n) is 11.8. The highest BCUT2D eigenvalue weighted by atomic mass is 16.5. The second-order valence-corrected chi connectivity index (χ2v) is 8.57. The fourth-order valence-corrected chi connectivity index (χ4v) is 3.91. The van der Waals surface area contributed by atoms with E-state index < -0.39 is 0 Å². The molecule has 0 spiro atoms. The zero-order valence-electron chi connectivity index (χ0n) is 21.2. The number of anilines is 1. The number of ether oxygens (including phenoxy) is 2. The van der Waals surface area contributed by atoms with E-state index in [1.165, 1.54) is 11.1 Å². The van der Waals surface area contributed by atoms with Crippen molar-refractivity contribution < 1.29 is 9.47 Å². The number of hydrogen-bond donors (Lipinski definition) is 2. The quantitative estimate of drug-likeness (QED) is 0.497. The highest BCUT2D eigenvalue weighted by molar-refractivity contribution is 5.86. The average Bonchev–Trinajstić information content (AvgIpc) is 3.19. The summed E-state index contributed by atoms with van der Waals surface area (Å²) in [5, 5.41) is 0. The van der Waals surface area contributed by atoms with Crippen molar-refractivity contribution in [3.8, 4) is 11.3 Å². The van der Waals surface area contributed by atoms with E-state index in [9.17, 15) is 0 Å². The van der Waals surface area contributed by atoms with Crippen molar-refractivity contribution in [2.75, 3.05) is 44.9 Å². The molecule has 0 bridgehead atoms. The first kappa shape index (κ1) is 26.8. The number of hydrogen-bond acceptors (Lipinski definition) is 6. The van der Waals surface area contributed by atoms with Gasteiger partial charge in [0.1, 0.15) is 5.82 Å². The van der Waals surface area contributed by atoms with Gasteiger partial charge in [0.15, 0.2) is 0 Å². The Balaban J connectivity index is 0.000000583. The van der Waals surface area contributed by atoms with Crippen molar-refractivity contribution >= 4 is 16.9 Å². The SMILES string of the molecule is CCCOC.CCc1cc2[nH]cc(C)c2nc1-c1ccc(C(C)C)nc1N1CCOCC1.N. The van der Waals surface area contributed by atoms with Crippen LogP contribution in [-0.2, 0) is 15.9 Å². The Morgan fingerprint density at radius 3 is 2.45 bits per heavy atom. The van der Waals surface area contributed by atoms with Crippen molar-refractivity contribution in [1.29, 1.82) is 0 Å². The monoisotopic (exact) mass is 455 g/mol. The van der Waals surface area contributed by atoms with Gasteiger partial charge in [-0.15, -0.1) is 0 Å². The van der Waals surface area contributed by atoms with E-state index in [1.807, 2.05) is 6.20 Å². The molecule has 1 fully saturated rings. The topological polar surface area (TPSA) is 98.3 Å². The maximum absolute atomic E-state index is 5.56. The van der Waals surface area contributed by atoms with E-state index in [0.717, 1.165) is 79.6 Å². The van der Waals surface area contributed by atoms with Crippen molar-refractivity contribution in [2.24, 2.45) is 0 Å². The molecule has 4 rings (SSSR count). The number of aromatic amines is 1. The highest BCUT2D eigenvalue weighted by Crippen LogP contribution is 2.34. The number of morpholine rings is 1. The Labute approximate surface area is 198 Å². The Morgan fingerprint density at radius 2 is 1.88 bits per heavy atom. The predicted octanol–water partition coefficient (Wildman–Crippen LogP) is 5.66. The molecule has 1 aliphatic heterocycles. The number of aromatic nitrogens is 3. The van der Waals surface area contributed by atoms with Gasteiger partial charge in [-0.1, -0.05) is 27.7 Å². The van der Waals surface area contributed by atoms with E-state index >= 15 is 0 Å². The van der Waals surface area contributed by atoms with E-state index in [2.05, 4.69) is 62.7 Å². The minimum absolute atomic E-state index is 0. The van der Waals surface area contributed by atoms with Gasteiger partial charge in [0, 0.05) is 44.3 Å². The summed E-state index contributed by atoms with van der Waals surface area (Å²) in [6, 6.07) is 6.60.